The van der Waals surface area contributed by atoms with E-state index >= 15 is 0 Å². The maximum atomic E-state index is 12.3. The number of rotatable bonds is 7. The summed E-state index contributed by atoms with van der Waals surface area (Å²) in [4.78, 5) is 40.0. The van der Waals surface area contributed by atoms with Crippen molar-refractivity contribution in [3.05, 3.63) is 0 Å². The number of carbonyl (C=O) groups excluding carboxylic acids is 2. The second-order valence-electron chi connectivity index (χ2n) is 7.19. The highest BCUT2D eigenvalue weighted by Crippen LogP contribution is 2.23. The average molecular weight is 339 g/mol. The Balaban J connectivity index is 1.91. The topological polar surface area (TPSA) is 89.9 Å². The van der Waals surface area contributed by atoms with Crippen molar-refractivity contribution < 1.29 is 19.5 Å². The van der Waals surface area contributed by atoms with Crippen molar-refractivity contribution in [3.8, 4) is 0 Å². The summed E-state index contributed by atoms with van der Waals surface area (Å²) in [5, 5.41) is 11.8. The maximum absolute atomic E-state index is 12.3. The van der Waals surface area contributed by atoms with Gasteiger partial charge in [0.05, 0.1) is 5.92 Å². The number of likely N-dealkylation sites (N-methyl/N-ethyl adjacent to an activating group) is 1. The van der Waals surface area contributed by atoms with Crippen LogP contribution in [0.25, 0.3) is 0 Å². The van der Waals surface area contributed by atoms with Crippen LogP contribution in [0.5, 0.6) is 0 Å². The lowest BCUT2D eigenvalue weighted by atomic mass is 10.0. The summed E-state index contributed by atoms with van der Waals surface area (Å²) in [6, 6.07) is -0.532. The minimum atomic E-state index is -1.04. The lowest BCUT2D eigenvalue weighted by Gasteiger charge is -2.27. The number of carboxylic acid groups (broad SMARTS) is 1. The van der Waals surface area contributed by atoms with Crippen LogP contribution in [-0.2, 0) is 14.4 Å². The van der Waals surface area contributed by atoms with Crippen LogP contribution in [0.15, 0.2) is 0 Å². The highest BCUT2D eigenvalue weighted by Gasteiger charge is 2.38. The van der Waals surface area contributed by atoms with Crippen LogP contribution in [0.3, 0.4) is 0 Å². The SMILES string of the molecule is CCN1CCC[C@@H]1CN1C[C@H](C(=O)N[C@@H](C(=O)O)C(C)C)CC1=O. The van der Waals surface area contributed by atoms with E-state index < -0.39 is 17.9 Å². The number of amides is 2. The van der Waals surface area contributed by atoms with Crippen molar-refractivity contribution in [3.63, 3.8) is 0 Å². The summed E-state index contributed by atoms with van der Waals surface area (Å²) < 4.78 is 0. The Labute approximate surface area is 143 Å². The van der Waals surface area contributed by atoms with Crippen LogP contribution in [0.2, 0.25) is 0 Å². The quantitative estimate of drug-likeness (QED) is 0.707. The Bertz CT molecular complexity index is 494. The molecule has 3 atom stereocenters. The molecule has 2 amide bonds. The zero-order valence-electron chi connectivity index (χ0n) is 14.8. The average Bonchev–Trinajstić information content (AvgIpc) is 3.11. The number of likely N-dealkylation sites (tertiary alicyclic amines) is 2. The number of nitrogens with zero attached hydrogens (tertiary/aromatic N) is 2. The summed E-state index contributed by atoms with van der Waals surface area (Å²) in [6.07, 6.45) is 2.41. The lowest BCUT2D eigenvalue weighted by Crippen LogP contribution is -2.47. The molecule has 2 aliphatic heterocycles. The van der Waals surface area contributed by atoms with Gasteiger partial charge in [0.2, 0.25) is 11.8 Å². The van der Waals surface area contributed by atoms with Gasteiger partial charge in [-0.25, -0.2) is 4.79 Å². The highest BCUT2D eigenvalue weighted by atomic mass is 16.4. The predicted octanol–water partition coefficient (Wildman–Crippen LogP) is 0.545. The molecule has 2 fully saturated rings. The third kappa shape index (κ3) is 4.26. The molecule has 0 aromatic rings. The van der Waals surface area contributed by atoms with Crippen LogP contribution in [-0.4, -0.2) is 71.0 Å². The van der Waals surface area contributed by atoms with Gasteiger partial charge >= 0.3 is 5.97 Å². The lowest BCUT2D eigenvalue weighted by molar-refractivity contribution is -0.143. The molecular weight excluding hydrogens is 310 g/mol. The second kappa shape index (κ2) is 7.96. The van der Waals surface area contributed by atoms with Crippen molar-refractivity contribution in [2.45, 2.75) is 52.1 Å². The van der Waals surface area contributed by atoms with Gasteiger partial charge < -0.3 is 15.3 Å². The smallest absolute Gasteiger partial charge is 0.326 e. The van der Waals surface area contributed by atoms with Crippen LogP contribution in [0.1, 0.15) is 40.0 Å². The summed E-state index contributed by atoms with van der Waals surface area (Å²) in [5.41, 5.74) is 0. The molecule has 2 saturated heterocycles. The fourth-order valence-electron chi connectivity index (χ4n) is 3.68. The molecule has 0 aromatic carbocycles. The molecule has 0 spiro atoms. The number of nitrogens with one attached hydrogen (secondary N) is 1. The molecule has 2 heterocycles. The van der Waals surface area contributed by atoms with Crippen LogP contribution in [0.4, 0.5) is 0 Å². The third-order valence-electron chi connectivity index (χ3n) is 5.15. The van der Waals surface area contributed by atoms with Gasteiger partial charge in [0.25, 0.3) is 0 Å². The molecule has 2 rings (SSSR count). The molecule has 2 N–H and O–H groups in total. The van der Waals surface area contributed by atoms with Gasteiger partial charge in [-0.05, 0) is 31.8 Å². The molecule has 0 saturated carbocycles. The van der Waals surface area contributed by atoms with E-state index in [-0.39, 0.29) is 24.2 Å². The van der Waals surface area contributed by atoms with Gasteiger partial charge in [-0.2, -0.15) is 0 Å². The summed E-state index contributed by atoms with van der Waals surface area (Å²) in [6.45, 7) is 8.74. The monoisotopic (exact) mass is 339 g/mol. The van der Waals surface area contributed by atoms with Gasteiger partial charge in [-0.1, -0.05) is 20.8 Å². The zero-order valence-corrected chi connectivity index (χ0v) is 14.8. The number of hydrogen-bond donors (Lipinski definition) is 2. The predicted molar refractivity (Wildman–Crippen MR) is 89.4 cm³/mol. The van der Waals surface area contributed by atoms with E-state index in [1.54, 1.807) is 18.7 Å². The summed E-state index contributed by atoms with van der Waals surface area (Å²) in [7, 11) is 0. The molecule has 7 nitrogen and oxygen atoms in total. The molecule has 136 valence electrons. The van der Waals surface area contributed by atoms with E-state index in [1.165, 1.54) is 0 Å². The first-order valence-corrected chi connectivity index (χ1v) is 8.88. The Morgan fingerprint density at radius 1 is 1.38 bits per heavy atom. The Morgan fingerprint density at radius 2 is 2.08 bits per heavy atom. The molecule has 0 unspecified atom stereocenters. The zero-order chi connectivity index (χ0) is 17.9. The Morgan fingerprint density at radius 3 is 2.67 bits per heavy atom. The Hall–Kier alpha value is -1.63. The van der Waals surface area contributed by atoms with Gasteiger partial charge in [0.1, 0.15) is 6.04 Å². The number of carbonyl (C=O) groups is 3. The molecule has 0 aliphatic carbocycles. The van der Waals surface area contributed by atoms with Crippen molar-refractivity contribution in [1.29, 1.82) is 0 Å². The Kier molecular flexibility index (Phi) is 6.21. The third-order valence-corrected chi connectivity index (χ3v) is 5.15. The molecule has 24 heavy (non-hydrogen) atoms. The van der Waals surface area contributed by atoms with Gasteiger partial charge in [0, 0.05) is 25.6 Å². The largest absolute Gasteiger partial charge is 0.480 e. The summed E-state index contributed by atoms with van der Waals surface area (Å²) in [5.74, 6) is -2.02. The fraction of sp³-hybridized carbons (Fsp3) is 0.824. The first kappa shape index (κ1) is 18.7. The molecule has 0 aromatic heterocycles. The van der Waals surface area contributed by atoms with E-state index in [0.717, 1.165) is 25.9 Å². The van der Waals surface area contributed by atoms with E-state index in [9.17, 15) is 19.5 Å². The van der Waals surface area contributed by atoms with E-state index in [4.69, 9.17) is 0 Å². The van der Waals surface area contributed by atoms with Gasteiger partial charge in [-0.15, -0.1) is 0 Å². The van der Waals surface area contributed by atoms with Crippen LogP contribution < -0.4 is 5.32 Å². The number of aliphatic carboxylic acids is 1. The maximum Gasteiger partial charge on any atom is 0.326 e. The number of hydrogen-bond acceptors (Lipinski definition) is 4. The van der Waals surface area contributed by atoms with Crippen molar-refractivity contribution >= 4 is 17.8 Å². The van der Waals surface area contributed by atoms with E-state index in [1.807, 2.05) is 0 Å². The number of carboxylic acids is 1. The van der Waals surface area contributed by atoms with Crippen LogP contribution in [0, 0.1) is 11.8 Å². The normalized spacial score (nSPS) is 26.2. The van der Waals surface area contributed by atoms with Gasteiger partial charge in [-0.3, -0.25) is 14.5 Å². The van der Waals surface area contributed by atoms with Crippen molar-refractivity contribution in [2.24, 2.45) is 11.8 Å². The minimum Gasteiger partial charge on any atom is -0.480 e. The molecule has 7 heteroatoms. The van der Waals surface area contributed by atoms with Crippen molar-refractivity contribution in [2.75, 3.05) is 26.2 Å². The summed E-state index contributed by atoms with van der Waals surface area (Å²) >= 11 is 0. The fourth-order valence-corrected chi connectivity index (χ4v) is 3.68. The highest BCUT2D eigenvalue weighted by molar-refractivity contribution is 5.91. The minimum absolute atomic E-state index is 0.00507. The van der Waals surface area contributed by atoms with E-state index in [2.05, 4.69) is 17.1 Å². The standard InChI is InChI=1S/C17H29N3O4/c1-4-19-7-5-6-13(19)10-20-9-12(8-14(20)21)16(22)18-15(11(2)3)17(23)24/h11-13,15H,4-10H2,1-3H3,(H,18,22)(H,23,24)/t12-,13-,15-/m1/s1. The van der Waals surface area contributed by atoms with Crippen LogP contribution >= 0.6 is 0 Å². The second-order valence-corrected chi connectivity index (χ2v) is 7.19. The van der Waals surface area contributed by atoms with Gasteiger partial charge in [0.15, 0.2) is 0 Å². The van der Waals surface area contributed by atoms with Crippen molar-refractivity contribution in [1.82, 2.24) is 15.1 Å². The first-order chi connectivity index (χ1) is 11.3. The molecule has 0 bridgehead atoms. The molecule has 2 aliphatic rings. The first-order valence-electron chi connectivity index (χ1n) is 8.88. The molecular formula is C17H29N3O4. The van der Waals surface area contributed by atoms with E-state index in [0.29, 0.717) is 19.1 Å². The molecule has 0 radical (unpaired) electrons.